The number of hydrogen-bond acceptors (Lipinski definition) is 0. The molecule has 0 radical (unpaired) electrons. The average Bonchev–Trinajstić information content (AvgIpc) is 3.48. The van der Waals surface area contributed by atoms with E-state index < -0.39 is 0 Å². The van der Waals surface area contributed by atoms with Gasteiger partial charge in [0, 0.05) is 28.3 Å². The second kappa shape index (κ2) is 7.50. The van der Waals surface area contributed by atoms with E-state index in [1.54, 1.807) is 0 Å². The Kier molecular flexibility index (Phi) is 4.18. The van der Waals surface area contributed by atoms with Crippen LogP contribution in [-0.4, -0.2) is 9.13 Å². The normalized spacial score (nSPS) is 11.5. The van der Waals surface area contributed by atoms with E-state index in [4.69, 9.17) is 0 Å². The first-order valence-corrected chi connectivity index (χ1v) is 11.6. The van der Waals surface area contributed by atoms with Crippen molar-refractivity contribution in [1.82, 2.24) is 9.13 Å². The van der Waals surface area contributed by atoms with Crippen molar-refractivity contribution >= 4 is 32.7 Å². The average molecular weight is 435 g/mol. The number of para-hydroxylation sites is 3. The Morgan fingerprint density at radius 1 is 0.412 bits per heavy atom. The molecule has 0 atom stereocenters. The third kappa shape index (κ3) is 2.89. The number of hydrogen-bond donors (Lipinski definition) is 0. The fraction of sp³-hybridized carbons (Fsp3) is 0. The van der Waals surface area contributed by atoms with Gasteiger partial charge in [-0.15, -0.1) is 0 Å². The van der Waals surface area contributed by atoms with Gasteiger partial charge >= 0.3 is 0 Å². The molecule has 0 bridgehead atoms. The first-order chi connectivity index (χ1) is 16.9. The van der Waals surface area contributed by atoms with Crippen LogP contribution in [0, 0.1) is 0 Å². The zero-order chi connectivity index (χ0) is 22.5. The molecular formula is C32H22N2. The van der Waals surface area contributed by atoms with Gasteiger partial charge in [0.2, 0.25) is 0 Å². The third-order valence-electron chi connectivity index (χ3n) is 6.75. The summed E-state index contributed by atoms with van der Waals surface area (Å²) in [5.41, 5.74) is 8.49. The standard InChI is InChI=1S/C32H22N2/c1-3-9-26(10-4-1)33-20-19-23-15-16-25(22-32(23)33)24-17-18-31-29(21-24)28-13-7-8-14-30(28)34(31)27-11-5-2-6-12-27/h1-22H. The Labute approximate surface area is 197 Å². The molecule has 7 rings (SSSR count). The van der Waals surface area contributed by atoms with Gasteiger partial charge in [0.05, 0.1) is 16.6 Å². The number of nitrogens with zero attached hydrogens (tertiary/aromatic N) is 2. The first-order valence-electron chi connectivity index (χ1n) is 11.6. The molecule has 2 aromatic heterocycles. The van der Waals surface area contributed by atoms with E-state index in [0.717, 1.165) is 0 Å². The Balaban J connectivity index is 1.44. The molecule has 5 aromatic carbocycles. The molecule has 0 saturated carbocycles. The summed E-state index contributed by atoms with van der Waals surface area (Å²) in [4.78, 5) is 0. The zero-order valence-corrected chi connectivity index (χ0v) is 18.6. The van der Waals surface area contributed by atoms with Crippen molar-refractivity contribution < 1.29 is 0 Å². The van der Waals surface area contributed by atoms with Crippen molar-refractivity contribution in [3.63, 3.8) is 0 Å². The molecule has 0 N–H and O–H groups in total. The summed E-state index contributed by atoms with van der Waals surface area (Å²) in [6.45, 7) is 0. The minimum atomic E-state index is 1.18. The van der Waals surface area contributed by atoms with Crippen molar-refractivity contribution in [2.45, 2.75) is 0 Å². The summed E-state index contributed by atoms with van der Waals surface area (Å²) in [7, 11) is 0. The predicted octanol–water partition coefficient (Wildman–Crippen LogP) is 8.39. The highest BCUT2D eigenvalue weighted by Crippen LogP contribution is 2.35. The van der Waals surface area contributed by atoms with Crippen molar-refractivity contribution in [3.05, 3.63) is 134 Å². The SMILES string of the molecule is c1ccc(-n2ccc3ccc(-c4ccc5c(c4)c4ccccc4n5-c4ccccc4)cc32)cc1. The minimum absolute atomic E-state index is 1.18. The lowest BCUT2D eigenvalue weighted by molar-refractivity contribution is 1.13. The molecule has 0 saturated heterocycles. The summed E-state index contributed by atoms with van der Waals surface area (Å²) in [6.07, 6.45) is 2.15. The topological polar surface area (TPSA) is 9.86 Å². The molecule has 7 aromatic rings. The van der Waals surface area contributed by atoms with Crippen LogP contribution in [0.3, 0.4) is 0 Å². The van der Waals surface area contributed by atoms with Crippen LogP contribution < -0.4 is 0 Å². The van der Waals surface area contributed by atoms with E-state index in [-0.39, 0.29) is 0 Å². The van der Waals surface area contributed by atoms with Gasteiger partial charge in [0.1, 0.15) is 0 Å². The number of benzene rings is 5. The highest BCUT2D eigenvalue weighted by atomic mass is 15.0. The first kappa shape index (κ1) is 19.0. The number of aromatic nitrogens is 2. The second-order valence-electron chi connectivity index (χ2n) is 8.71. The molecule has 0 aliphatic carbocycles. The van der Waals surface area contributed by atoms with E-state index in [1.807, 2.05) is 0 Å². The van der Waals surface area contributed by atoms with Gasteiger partial charge in [-0.25, -0.2) is 0 Å². The van der Waals surface area contributed by atoms with Crippen LogP contribution in [0.4, 0.5) is 0 Å². The van der Waals surface area contributed by atoms with Gasteiger partial charge in [-0.1, -0.05) is 72.8 Å². The van der Waals surface area contributed by atoms with Gasteiger partial charge in [-0.2, -0.15) is 0 Å². The van der Waals surface area contributed by atoms with Crippen LogP contribution in [0.15, 0.2) is 134 Å². The predicted molar refractivity (Wildman–Crippen MR) is 143 cm³/mol. The Hall–Kier alpha value is -4.56. The minimum Gasteiger partial charge on any atom is -0.317 e. The van der Waals surface area contributed by atoms with Gasteiger partial charge in [0.25, 0.3) is 0 Å². The van der Waals surface area contributed by atoms with E-state index in [9.17, 15) is 0 Å². The smallest absolute Gasteiger partial charge is 0.0541 e. The lowest BCUT2D eigenvalue weighted by atomic mass is 10.0. The van der Waals surface area contributed by atoms with E-state index in [2.05, 4.69) is 143 Å². The third-order valence-corrected chi connectivity index (χ3v) is 6.75. The van der Waals surface area contributed by atoms with Crippen molar-refractivity contribution in [1.29, 1.82) is 0 Å². The Morgan fingerprint density at radius 3 is 1.88 bits per heavy atom. The van der Waals surface area contributed by atoms with E-state index >= 15 is 0 Å². The molecule has 34 heavy (non-hydrogen) atoms. The van der Waals surface area contributed by atoms with E-state index in [0.29, 0.717) is 0 Å². The van der Waals surface area contributed by atoms with E-state index in [1.165, 1.54) is 55.2 Å². The lowest BCUT2D eigenvalue weighted by Gasteiger charge is -2.09. The summed E-state index contributed by atoms with van der Waals surface area (Å²) in [6, 6.07) is 45.6. The van der Waals surface area contributed by atoms with Crippen LogP contribution in [0.5, 0.6) is 0 Å². The maximum absolute atomic E-state index is 2.36. The fourth-order valence-electron chi connectivity index (χ4n) is 5.13. The van der Waals surface area contributed by atoms with Crippen molar-refractivity contribution in [3.8, 4) is 22.5 Å². The molecule has 2 heteroatoms. The quantitative estimate of drug-likeness (QED) is 0.264. The molecule has 160 valence electrons. The number of fused-ring (bicyclic) bond motifs is 4. The van der Waals surface area contributed by atoms with Crippen molar-refractivity contribution in [2.75, 3.05) is 0 Å². The van der Waals surface area contributed by atoms with Gasteiger partial charge < -0.3 is 9.13 Å². The molecule has 2 nitrogen and oxygen atoms in total. The molecule has 0 aliphatic rings. The van der Waals surface area contributed by atoms with Gasteiger partial charge in [-0.05, 0) is 71.1 Å². The monoisotopic (exact) mass is 434 g/mol. The van der Waals surface area contributed by atoms with Crippen LogP contribution in [0.2, 0.25) is 0 Å². The van der Waals surface area contributed by atoms with Crippen LogP contribution in [-0.2, 0) is 0 Å². The summed E-state index contributed by atoms with van der Waals surface area (Å²) in [5.74, 6) is 0. The summed E-state index contributed by atoms with van der Waals surface area (Å²) >= 11 is 0. The Morgan fingerprint density at radius 2 is 1.06 bits per heavy atom. The summed E-state index contributed by atoms with van der Waals surface area (Å²) in [5, 5.41) is 3.79. The second-order valence-corrected chi connectivity index (χ2v) is 8.71. The zero-order valence-electron chi connectivity index (χ0n) is 18.6. The number of rotatable bonds is 3. The highest BCUT2D eigenvalue weighted by molar-refractivity contribution is 6.10. The molecule has 0 amide bonds. The molecular weight excluding hydrogens is 412 g/mol. The van der Waals surface area contributed by atoms with Gasteiger partial charge in [0.15, 0.2) is 0 Å². The summed E-state index contributed by atoms with van der Waals surface area (Å²) < 4.78 is 4.62. The van der Waals surface area contributed by atoms with Crippen LogP contribution in [0.1, 0.15) is 0 Å². The largest absolute Gasteiger partial charge is 0.317 e. The lowest BCUT2D eigenvalue weighted by Crippen LogP contribution is -1.93. The Bertz CT molecular complexity index is 1790. The van der Waals surface area contributed by atoms with Crippen molar-refractivity contribution in [2.24, 2.45) is 0 Å². The van der Waals surface area contributed by atoms with Crippen LogP contribution >= 0.6 is 0 Å². The molecule has 0 unspecified atom stereocenters. The van der Waals surface area contributed by atoms with Gasteiger partial charge in [-0.3, -0.25) is 0 Å². The molecule has 0 aliphatic heterocycles. The highest BCUT2D eigenvalue weighted by Gasteiger charge is 2.13. The maximum Gasteiger partial charge on any atom is 0.0541 e. The van der Waals surface area contributed by atoms with Crippen LogP contribution in [0.25, 0.3) is 55.2 Å². The molecule has 2 heterocycles. The fourth-order valence-corrected chi connectivity index (χ4v) is 5.13. The molecule has 0 spiro atoms. The molecule has 0 fully saturated rings. The maximum atomic E-state index is 2.36.